The van der Waals surface area contributed by atoms with Crippen LogP contribution in [0.2, 0.25) is 0 Å². The maximum absolute atomic E-state index is 12.6. The summed E-state index contributed by atoms with van der Waals surface area (Å²) in [5.41, 5.74) is 1.27. The Morgan fingerprint density at radius 1 is 1.21 bits per heavy atom. The molecule has 3 rings (SSSR count). The number of carbonyl (C=O) groups is 2. The second-order valence-electron chi connectivity index (χ2n) is 8.06. The fraction of sp³-hybridized carbons (Fsp3) is 0.522. The Labute approximate surface area is 167 Å². The smallest absolute Gasteiger partial charge is 0.317 e. The van der Waals surface area contributed by atoms with E-state index in [1.807, 2.05) is 35.8 Å². The molecule has 1 aromatic carbocycles. The standard InChI is InChI=1S/C23H30N2O3/c1-3-4-8-21-24-15-19(17-26)25(21)16-18-9-11-20(12-10-18)28-22(27)23(2)13-6-5-7-14-23/h9-12,15,17H,3-8,13-14,16H2,1-2H3. The van der Waals surface area contributed by atoms with Crippen LogP contribution in [-0.2, 0) is 17.8 Å². The average molecular weight is 383 g/mol. The van der Waals surface area contributed by atoms with Crippen LogP contribution in [0.5, 0.6) is 5.75 Å². The van der Waals surface area contributed by atoms with E-state index in [4.69, 9.17) is 4.74 Å². The first kappa shape index (κ1) is 20.3. The topological polar surface area (TPSA) is 61.2 Å². The van der Waals surface area contributed by atoms with Crippen molar-refractivity contribution >= 4 is 12.3 Å². The first-order valence-corrected chi connectivity index (χ1v) is 10.4. The van der Waals surface area contributed by atoms with E-state index in [9.17, 15) is 9.59 Å². The molecule has 150 valence electrons. The molecule has 28 heavy (non-hydrogen) atoms. The van der Waals surface area contributed by atoms with Gasteiger partial charge in [0.2, 0.25) is 0 Å². The summed E-state index contributed by atoms with van der Waals surface area (Å²) in [6, 6.07) is 7.57. The van der Waals surface area contributed by atoms with Crippen LogP contribution in [0.15, 0.2) is 30.5 Å². The minimum Gasteiger partial charge on any atom is -0.426 e. The number of aryl methyl sites for hydroxylation is 1. The lowest BCUT2D eigenvalue weighted by atomic mass is 9.76. The molecule has 1 aliphatic carbocycles. The second-order valence-corrected chi connectivity index (χ2v) is 8.06. The molecule has 1 aromatic heterocycles. The molecule has 0 radical (unpaired) electrons. The number of esters is 1. The van der Waals surface area contributed by atoms with Gasteiger partial charge in [0.15, 0.2) is 6.29 Å². The van der Waals surface area contributed by atoms with Crippen molar-refractivity contribution in [2.45, 2.75) is 71.8 Å². The van der Waals surface area contributed by atoms with Gasteiger partial charge in [-0.15, -0.1) is 0 Å². The molecule has 0 saturated heterocycles. The van der Waals surface area contributed by atoms with Gasteiger partial charge < -0.3 is 9.30 Å². The van der Waals surface area contributed by atoms with Gasteiger partial charge in [0.05, 0.1) is 11.6 Å². The Kier molecular flexibility index (Phi) is 6.65. The largest absolute Gasteiger partial charge is 0.426 e. The third kappa shape index (κ3) is 4.70. The molecule has 0 atom stereocenters. The summed E-state index contributed by atoms with van der Waals surface area (Å²) in [7, 11) is 0. The van der Waals surface area contributed by atoms with Crippen molar-refractivity contribution in [1.29, 1.82) is 0 Å². The van der Waals surface area contributed by atoms with Crippen LogP contribution in [-0.4, -0.2) is 21.8 Å². The molecule has 1 saturated carbocycles. The van der Waals surface area contributed by atoms with Crippen molar-refractivity contribution < 1.29 is 14.3 Å². The van der Waals surface area contributed by atoms with E-state index in [2.05, 4.69) is 11.9 Å². The first-order valence-electron chi connectivity index (χ1n) is 10.4. The normalized spacial score (nSPS) is 15.9. The summed E-state index contributed by atoms with van der Waals surface area (Å²) in [6.45, 7) is 4.74. The van der Waals surface area contributed by atoms with Crippen molar-refractivity contribution in [1.82, 2.24) is 9.55 Å². The SMILES string of the molecule is CCCCc1ncc(C=O)n1Cc1ccc(OC(=O)C2(C)CCCCC2)cc1. The lowest BCUT2D eigenvalue weighted by Crippen LogP contribution is -2.33. The average Bonchev–Trinajstić information content (AvgIpc) is 3.10. The lowest BCUT2D eigenvalue weighted by molar-refractivity contribution is -0.146. The summed E-state index contributed by atoms with van der Waals surface area (Å²) in [5, 5.41) is 0. The van der Waals surface area contributed by atoms with Gasteiger partial charge in [0.25, 0.3) is 0 Å². The number of hydrogen-bond donors (Lipinski definition) is 0. The predicted molar refractivity (Wildman–Crippen MR) is 109 cm³/mol. The Hall–Kier alpha value is -2.43. The molecule has 5 nitrogen and oxygen atoms in total. The quantitative estimate of drug-likeness (QED) is 0.368. The molecule has 0 spiro atoms. The number of benzene rings is 1. The van der Waals surface area contributed by atoms with Crippen molar-refractivity contribution in [3.8, 4) is 5.75 Å². The molecule has 0 bridgehead atoms. The molecule has 0 N–H and O–H groups in total. The molecule has 0 amide bonds. The Morgan fingerprint density at radius 2 is 1.93 bits per heavy atom. The molecule has 1 aliphatic rings. The summed E-state index contributed by atoms with van der Waals surface area (Å²) in [5.74, 6) is 1.39. The van der Waals surface area contributed by atoms with Gasteiger partial charge in [-0.1, -0.05) is 44.7 Å². The Bertz CT molecular complexity index is 802. The number of ether oxygens (including phenoxy) is 1. The fourth-order valence-electron chi connectivity index (χ4n) is 3.85. The van der Waals surface area contributed by atoms with Gasteiger partial charge in [-0.2, -0.15) is 0 Å². The fourth-order valence-corrected chi connectivity index (χ4v) is 3.85. The highest BCUT2D eigenvalue weighted by Gasteiger charge is 2.36. The van der Waals surface area contributed by atoms with Gasteiger partial charge in [-0.05, 0) is 43.9 Å². The number of hydrogen-bond acceptors (Lipinski definition) is 4. The number of aromatic nitrogens is 2. The zero-order valence-corrected chi connectivity index (χ0v) is 16.9. The maximum Gasteiger partial charge on any atom is 0.317 e. The third-order valence-corrected chi connectivity index (χ3v) is 5.77. The monoisotopic (exact) mass is 382 g/mol. The van der Waals surface area contributed by atoms with Crippen LogP contribution >= 0.6 is 0 Å². The highest BCUT2D eigenvalue weighted by Crippen LogP contribution is 2.37. The molecule has 0 unspecified atom stereocenters. The second kappa shape index (κ2) is 9.18. The molecule has 0 aliphatic heterocycles. The van der Waals surface area contributed by atoms with Gasteiger partial charge in [-0.3, -0.25) is 9.59 Å². The molecule has 2 aromatic rings. The first-order chi connectivity index (χ1) is 13.6. The van der Waals surface area contributed by atoms with E-state index in [1.54, 1.807) is 6.20 Å². The molecular formula is C23H30N2O3. The lowest BCUT2D eigenvalue weighted by Gasteiger charge is -2.30. The van der Waals surface area contributed by atoms with E-state index in [1.165, 1.54) is 6.42 Å². The highest BCUT2D eigenvalue weighted by atomic mass is 16.5. The number of imidazole rings is 1. The zero-order chi connectivity index (χ0) is 20.0. The minimum absolute atomic E-state index is 0.125. The summed E-state index contributed by atoms with van der Waals surface area (Å²) >= 11 is 0. The van der Waals surface area contributed by atoms with E-state index in [-0.39, 0.29) is 11.4 Å². The summed E-state index contributed by atoms with van der Waals surface area (Å²) in [4.78, 5) is 28.3. The number of aldehydes is 1. The number of unbranched alkanes of at least 4 members (excludes halogenated alkanes) is 1. The van der Waals surface area contributed by atoms with Gasteiger partial charge in [-0.25, -0.2) is 4.98 Å². The summed E-state index contributed by atoms with van der Waals surface area (Å²) in [6.07, 6.45) is 10.7. The molecule has 5 heteroatoms. The van der Waals surface area contributed by atoms with Crippen LogP contribution < -0.4 is 4.74 Å². The van der Waals surface area contributed by atoms with Gasteiger partial charge in [0.1, 0.15) is 17.3 Å². The van der Waals surface area contributed by atoms with E-state index in [0.717, 1.165) is 62.6 Å². The van der Waals surface area contributed by atoms with Gasteiger partial charge in [0, 0.05) is 13.0 Å². The zero-order valence-electron chi connectivity index (χ0n) is 16.9. The van der Waals surface area contributed by atoms with Crippen LogP contribution in [0.3, 0.4) is 0 Å². The van der Waals surface area contributed by atoms with Crippen LogP contribution in [0, 0.1) is 5.41 Å². The molecule has 1 fully saturated rings. The van der Waals surface area contributed by atoms with Crippen LogP contribution in [0.1, 0.15) is 80.7 Å². The third-order valence-electron chi connectivity index (χ3n) is 5.77. The number of rotatable bonds is 8. The minimum atomic E-state index is -0.360. The van der Waals surface area contributed by atoms with Crippen molar-refractivity contribution in [2.75, 3.05) is 0 Å². The maximum atomic E-state index is 12.6. The van der Waals surface area contributed by atoms with E-state index < -0.39 is 0 Å². The predicted octanol–water partition coefficient (Wildman–Crippen LogP) is 4.96. The van der Waals surface area contributed by atoms with Crippen LogP contribution in [0.4, 0.5) is 0 Å². The number of nitrogens with zero attached hydrogens (tertiary/aromatic N) is 2. The van der Waals surface area contributed by atoms with Crippen LogP contribution in [0.25, 0.3) is 0 Å². The van der Waals surface area contributed by atoms with Gasteiger partial charge >= 0.3 is 5.97 Å². The summed E-state index contributed by atoms with van der Waals surface area (Å²) < 4.78 is 7.62. The van der Waals surface area contributed by atoms with E-state index in [0.29, 0.717) is 18.0 Å². The highest BCUT2D eigenvalue weighted by molar-refractivity contribution is 5.78. The molecular weight excluding hydrogens is 352 g/mol. The van der Waals surface area contributed by atoms with Crippen molar-refractivity contribution in [2.24, 2.45) is 5.41 Å². The van der Waals surface area contributed by atoms with E-state index >= 15 is 0 Å². The van der Waals surface area contributed by atoms with Crippen molar-refractivity contribution in [3.63, 3.8) is 0 Å². The number of carbonyl (C=O) groups excluding carboxylic acids is 2. The Morgan fingerprint density at radius 3 is 2.57 bits per heavy atom. The molecule has 1 heterocycles. The van der Waals surface area contributed by atoms with Crippen molar-refractivity contribution in [3.05, 3.63) is 47.5 Å². The Balaban J connectivity index is 1.67.